The molecule has 8 heteroatoms. The number of carbonyl (C=O) groups excluding carboxylic acids is 3. The monoisotopic (exact) mass is 408 g/mol. The number of hydrogen-bond acceptors (Lipinski definition) is 6. The highest BCUT2D eigenvalue weighted by Crippen LogP contribution is 2.24. The number of nitrogens with zero attached hydrogens (tertiary/aromatic N) is 4. The zero-order valence-electron chi connectivity index (χ0n) is 16.9. The van der Waals surface area contributed by atoms with Gasteiger partial charge in [0, 0.05) is 56.7 Å². The third kappa shape index (κ3) is 4.17. The molecule has 2 aliphatic heterocycles. The Kier molecular flexibility index (Phi) is 5.74. The second kappa shape index (κ2) is 8.61. The summed E-state index contributed by atoms with van der Waals surface area (Å²) in [5, 5.41) is 0. The van der Waals surface area contributed by atoms with Crippen LogP contribution in [0.3, 0.4) is 0 Å². The molecule has 156 valence electrons. The van der Waals surface area contributed by atoms with E-state index in [9.17, 15) is 14.4 Å². The number of amides is 3. The average Bonchev–Trinajstić information content (AvgIpc) is 3.12. The quantitative estimate of drug-likeness (QED) is 0.706. The van der Waals surface area contributed by atoms with Crippen LogP contribution in [0.2, 0.25) is 0 Å². The summed E-state index contributed by atoms with van der Waals surface area (Å²) in [5.74, 6) is -0.466. The molecule has 0 aliphatic carbocycles. The summed E-state index contributed by atoms with van der Waals surface area (Å²) in [7, 11) is 0. The first-order chi connectivity index (χ1) is 14.5. The number of hydrogen-bond donors (Lipinski definition) is 0. The molecule has 4 rings (SSSR count). The lowest BCUT2D eigenvalue weighted by molar-refractivity contribution is -0.121. The van der Waals surface area contributed by atoms with Gasteiger partial charge in [0.1, 0.15) is 6.10 Å². The minimum Gasteiger partial charge on any atom is -0.460 e. The molecule has 2 saturated heterocycles. The van der Waals surface area contributed by atoms with Crippen LogP contribution in [0.25, 0.3) is 0 Å². The second-order valence-corrected chi connectivity index (χ2v) is 7.51. The predicted octanol–water partition coefficient (Wildman–Crippen LogP) is 2.38. The van der Waals surface area contributed by atoms with Crippen LogP contribution >= 0.6 is 0 Å². The van der Waals surface area contributed by atoms with Crippen molar-refractivity contribution < 1.29 is 19.1 Å². The van der Waals surface area contributed by atoms with E-state index in [0.717, 1.165) is 12.0 Å². The number of aryl methyl sites for hydroxylation is 1. The number of aromatic nitrogens is 2. The van der Waals surface area contributed by atoms with Crippen LogP contribution in [-0.2, 0) is 16.0 Å². The fraction of sp³-hybridized carbons (Fsp3) is 0.409. The second-order valence-electron chi connectivity index (χ2n) is 7.51. The number of likely N-dealkylation sites (tertiary alicyclic amines) is 1. The largest absolute Gasteiger partial charge is 0.460 e. The number of piperidine rings is 1. The Bertz CT molecular complexity index is 919. The van der Waals surface area contributed by atoms with Crippen LogP contribution in [0, 0.1) is 0 Å². The van der Waals surface area contributed by atoms with Crippen molar-refractivity contribution in [2.75, 3.05) is 18.0 Å². The van der Waals surface area contributed by atoms with Gasteiger partial charge in [0.05, 0.1) is 5.69 Å². The molecule has 0 bridgehead atoms. The fourth-order valence-corrected chi connectivity index (χ4v) is 3.71. The Hall–Kier alpha value is -3.29. The van der Waals surface area contributed by atoms with Crippen LogP contribution in [-0.4, -0.2) is 51.8 Å². The highest BCUT2D eigenvalue weighted by Gasteiger charge is 2.30. The molecule has 1 aromatic carbocycles. The molecule has 2 aliphatic rings. The first-order valence-corrected chi connectivity index (χ1v) is 10.3. The standard InChI is InChI=1S/C22H24N4O4/c1-2-15-13-23-22(24-14-15)30-18-9-11-25(12-10-18)21(29)16-3-5-17(6-4-16)26-19(27)7-8-20(26)28/h3-6,13-14,18H,2,7-12H2,1H3. The minimum atomic E-state index is -0.200. The van der Waals surface area contributed by atoms with Gasteiger partial charge >= 0.3 is 6.01 Å². The van der Waals surface area contributed by atoms with E-state index >= 15 is 0 Å². The van der Waals surface area contributed by atoms with Gasteiger partial charge in [-0.2, -0.15) is 0 Å². The van der Waals surface area contributed by atoms with Crippen molar-refractivity contribution in [3.63, 3.8) is 0 Å². The van der Waals surface area contributed by atoms with Crippen LogP contribution < -0.4 is 9.64 Å². The summed E-state index contributed by atoms with van der Waals surface area (Å²) in [6.07, 6.45) is 6.30. The Morgan fingerprint density at radius 2 is 1.63 bits per heavy atom. The van der Waals surface area contributed by atoms with Crippen molar-refractivity contribution in [3.05, 3.63) is 47.8 Å². The van der Waals surface area contributed by atoms with Gasteiger partial charge in [-0.1, -0.05) is 6.92 Å². The van der Waals surface area contributed by atoms with E-state index in [1.807, 2.05) is 6.92 Å². The molecule has 3 heterocycles. The topological polar surface area (TPSA) is 92.7 Å². The van der Waals surface area contributed by atoms with Crippen molar-refractivity contribution in [2.24, 2.45) is 0 Å². The van der Waals surface area contributed by atoms with Crippen molar-refractivity contribution >= 4 is 23.4 Å². The maximum atomic E-state index is 12.8. The first kappa shape index (κ1) is 20.0. The summed E-state index contributed by atoms with van der Waals surface area (Å²) in [6.45, 7) is 3.22. The number of rotatable bonds is 5. The number of carbonyl (C=O) groups is 3. The molecule has 0 spiro atoms. The zero-order chi connectivity index (χ0) is 21.1. The molecule has 0 N–H and O–H groups in total. The van der Waals surface area contributed by atoms with Crippen molar-refractivity contribution in [1.82, 2.24) is 14.9 Å². The zero-order valence-corrected chi connectivity index (χ0v) is 16.9. The van der Waals surface area contributed by atoms with Crippen LogP contribution in [0.5, 0.6) is 6.01 Å². The third-order valence-electron chi connectivity index (χ3n) is 5.52. The molecular formula is C22H24N4O4. The summed E-state index contributed by atoms with van der Waals surface area (Å²) in [6, 6.07) is 7.02. The molecule has 1 aromatic heterocycles. The normalized spacial score (nSPS) is 17.5. The van der Waals surface area contributed by atoms with Gasteiger partial charge in [-0.05, 0) is 36.2 Å². The fourth-order valence-electron chi connectivity index (χ4n) is 3.71. The van der Waals surface area contributed by atoms with Gasteiger partial charge in [0.2, 0.25) is 11.8 Å². The lowest BCUT2D eigenvalue weighted by Crippen LogP contribution is -2.42. The summed E-state index contributed by atoms with van der Waals surface area (Å²) >= 11 is 0. The van der Waals surface area contributed by atoms with Gasteiger partial charge in [0.25, 0.3) is 5.91 Å². The van der Waals surface area contributed by atoms with Crippen LogP contribution in [0.15, 0.2) is 36.7 Å². The molecule has 2 fully saturated rings. The minimum absolute atomic E-state index is 0.0175. The lowest BCUT2D eigenvalue weighted by atomic mass is 10.1. The number of anilines is 1. The van der Waals surface area contributed by atoms with Crippen molar-refractivity contribution in [2.45, 2.75) is 45.1 Å². The van der Waals surface area contributed by atoms with Crippen molar-refractivity contribution in [1.29, 1.82) is 0 Å². The van der Waals surface area contributed by atoms with E-state index in [0.29, 0.717) is 43.2 Å². The molecular weight excluding hydrogens is 384 g/mol. The molecule has 3 amide bonds. The maximum Gasteiger partial charge on any atom is 0.316 e. The Morgan fingerprint density at radius 3 is 2.20 bits per heavy atom. The Morgan fingerprint density at radius 1 is 1.03 bits per heavy atom. The van der Waals surface area contributed by atoms with Crippen molar-refractivity contribution in [3.8, 4) is 6.01 Å². The van der Waals surface area contributed by atoms with Gasteiger partial charge in [-0.25, -0.2) is 9.97 Å². The summed E-state index contributed by atoms with van der Waals surface area (Å²) in [4.78, 5) is 48.0. The number of benzene rings is 1. The van der Waals surface area contributed by atoms with Crippen LogP contribution in [0.1, 0.15) is 48.5 Å². The van der Waals surface area contributed by atoms with Gasteiger partial charge in [-0.3, -0.25) is 19.3 Å². The lowest BCUT2D eigenvalue weighted by Gasteiger charge is -2.31. The van der Waals surface area contributed by atoms with E-state index in [2.05, 4.69) is 9.97 Å². The first-order valence-electron chi connectivity index (χ1n) is 10.3. The predicted molar refractivity (Wildman–Crippen MR) is 109 cm³/mol. The molecule has 0 unspecified atom stereocenters. The maximum absolute atomic E-state index is 12.8. The van der Waals surface area contributed by atoms with Gasteiger partial charge in [-0.15, -0.1) is 0 Å². The van der Waals surface area contributed by atoms with E-state index in [-0.39, 0.29) is 36.7 Å². The SMILES string of the molecule is CCc1cnc(OC2CCN(C(=O)c3ccc(N4C(=O)CCC4=O)cc3)CC2)nc1. The highest BCUT2D eigenvalue weighted by molar-refractivity contribution is 6.19. The Balaban J connectivity index is 1.32. The smallest absolute Gasteiger partial charge is 0.316 e. The highest BCUT2D eigenvalue weighted by atomic mass is 16.5. The molecule has 2 aromatic rings. The Labute approximate surface area is 174 Å². The molecule has 0 radical (unpaired) electrons. The number of imide groups is 1. The average molecular weight is 408 g/mol. The van der Waals surface area contributed by atoms with E-state index in [4.69, 9.17) is 4.74 Å². The van der Waals surface area contributed by atoms with E-state index in [1.54, 1.807) is 41.6 Å². The molecule has 30 heavy (non-hydrogen) atoms. The summed E-state index contributed by atoms with van der Waals surface area (Å²) in [5.41, 5.74) is 2.11. The molecule has 0 atom stereocenters. The molecule has 8 nitrogen and oxygen atoms in total. The van der Waals surface area contributed by atoms with Gasteiger partial charge in [0.15, 0.2) is 0 Å². The third-order valence-corrected chi connectivity index (χ3v) is 5.52. The van der Waals surface area contributed by atoms with Crippen LogP contribution in [0.4, 0.5) is 5.69 Å². The van der Waals surface area contributed by atoms with Gasteiger partial charge < -0.3 is 9.64 Å². The number of ether oxygens (including phenoxy) is 1. The molecule has 0 saturated carbocycles. The van der Waals surface area contributed by atoms with E-state index < -0.39 is 0 Å². The summed E-state index contributed by atoms with van der Waals surface area (Å²) < 4.78 is 5.85. The van der Waals surface area contributed by atoms with E-state index in [1.165, 1.54) is 4.90 Å².